The normalized spacial score (nSPS) is 20.3. The van der Waals surface area contributed by atoms with Crippen LogP contribution in [-0.2, 0) is 6.54 Å². The number of rotatable bonds is 3. The van der Waals surface area contributed by atoms with Crippen LogP contribution >= 0.6 is 12.4 Å². The predicted molar refractivity (Wildman–Crippen MR) is 75.6 cm³/mol. The lowest BCUT2D eigenvalue weighted by molar-refractivity contribution is 0.216. The standard InChI is InChI=1S/C14H21FN2.ClH/c1-17(14-6-3-8-16-9-7-14)11-12-4-2-5-13(15)10-12;/h2,4-5,10,14,16H,3,6-9,11H2,1H3;1H. The van der Waals surface area contributed by atoms with Gasteiger partial charge in [0, 0.05) is 12.6 Å². The highest BCUT2D eigenvalue weighted by molar-refractivity contribution is 5.85. The first-order valence-electron chi connectivity index (χ1n) is 6.41. The van der Waals surface area contributed by atoms with Gasteiger partial charge in [-0.05, 0) is 57.1 Å². The zero-order chi connectivity index (χ0) is 12.1. The number of halogens is 2. The molecular formula is C14H22ClFN2. The van der Waals surface area contributed by atoms with Crippen molar-refractivity contribution >= 4 is 12.4 Å². The fourth-order valence-corrected chi connectivity index (χ4v) is 2.49. The summed E-state index contributed by atoms with van der Waals surface area (Å²) < 4.78 is 13.1. The van der Waals surface area contributed by atoms with Gasteiger partial charge in [0.15, 0.2) is 0 Å². The Balaban J connectivity index is 0.00000162. The van der Waals surface area contributed by atoms with Crippen molar-refractivity contribution in [1.82, 2.24) is 10.2 Å². The second-order valence-corrected chi connectivity index (χ2v) is 4.88. The van der Waals surface area contributed by atoms with E-state index in [0.29, 0.717) is 6.04 Å². The molecule has 0 radical (unpaired) electrons. The Morgan fingerprint density at radius 2 is 2.17 bits per heavy atom. The lowest BCUT2D eigenvalue weighted by Crippen LogP contribution is -2.32. The molecule has 2 rings (SSSR count). The summed E-state index contributed by atoms with van der Waals surface area (Å²) in [4.78, 5) is 2.35. The Morgan fingerprint density at radius 1 is 1.33 bits per heavy atom. The van der Waals surface area contributed by atoms with Crippen LogP contribution in [0.2, 0.25) is 0 Å². The minimum Gasteiger partial charge on any atom is -0.317 e. The Morgan fingerprint density at radius 3 is 2.94 bits per heavy atom. The van der Waals surface area contributed by atoms with E-state index >= 15 is 0 Å². The predicted octanol–water partition coefficient (Wildman–Crippen LogP) is 2.82. The molecule has 0 aliphatic carbocycles. The summed E-state index contributed by atoms with van der Waals surface area (Å²) in [5, 5.41) is 3.42. The van der Waals surface area contributed by atoms with Gasteiger partial charge in [-0.3, -0.25) is 4.90 Å². The molecule has 4 heteroatoms. The van der Waals surface area contributed by atoms with Crippen LogP contribution in [-0.4, -0.2) is 31.1 Å². The van der Waals surface area contributed by atoms with Crippen molar-refractivity contribution in [3.8, 4) is 0 Å². The van der Waals surface area contributed by atoms with Gasteiger partial charge in [0.05, 0.1) is 0 Å². The number of benzene rings is 1. The molecule has 1 aromatic rings. The third-order valence-corrected chi connectivity index (χ3v) is 3.49. The largest absolute Gasteiger partial charge is 0.317 e. The second kappa shape index (κ2) is 7.72. The van der Waals surface area contributed by atoms with Crippen molar-refractivity contribution in [3.05, 3.63) is 35.6 Å². The lowest BCUT2D eigenvalue weighted by Gasteiger charge is -2.26. The van der Waals surface area contributed by atoms with Crippen molar-refractivity contribution in [2.24, 2.45) is 0 Å². The highest BCUT2D eigenvalue weighted by atomic mass is 35.5. The van der Waals surface area contributed by atoms with Crippen LogP contribution in [0.25, 0.3) is 0 Å². The Labute approximate surface area is 115 Å². The molecule has 1 aromatic carbocycles. The van der Waals surface area contributed by atoms with E-state index in [4.69, 9.17) is 0 Å². The maximum absolute atomic E-state index is 13.1. The molecule has 1 saturated heterocycles. The number of hydrogen-bond acceptors (Lipinski definition) is 2. The molecular weight excluding hydrogens is 251 g/mol. The maximum atomic E-state index is 13.1. The number of nitrogens with one attached hydrogen (secondary N) is 1. The van der Waals surface area contributed by atoms with E-state index in [0.717, 1.165) is 25.2 Å². The van der Waals surface area contributed by atoms with Gasteiger partial charge in [-0.1, -0.05) is 12.1 Å². The van der Waals surface area contributed by atoms with Crippen molar-refractivity contribution in [3.63, 3.8) is 0 Å². The first-order valence-corrected chi connectivity index (χ1v) is 6.41. The lowest BCUT2D eigenvalue weighted by atomic mass is 10.1. The maximum Gasteiger partial charge on any atom is 0.123 e. The zero-order valence-electron chi connectivity index (χ0n) is 10.9. The molecule has 0 bridgehead atoms. The van der Waals surface area contributed by atoms with E-state index < -0.39 is 0 Å². The molecule has 2 nitrogen and oxygen atoms in total. The van der Waals surface area contributed by atoms with E-state index in [2.05, 4.69) is 17.3 Å². The quantitative estimate of drug-likeness (QED) is 0.910. The highest BCUT2D eigenvalue weighted by Gasteiger charge is 2.16. The van der Waals surface area contributed by atoms with Crippen LogP contribution in [0.5, 0.6) is 0 Å². The summed E-state index contributed by atoms with van der Waals surface area (Å²) in [6.45, 7) is 3.06. The van der Waals surface area contributed by atoms with Gasteiger partial charge < -0.3 is 5.32 Å². The molecule has 0 amide bonds. The number of hydrogen-bond donors (Lipinski definition) is 1. The zero-order valence-corrected chi connectivity index (χ0v) is 11.7. The first-order chi connectivity index (χ1) is 8.25. The van der Waals surface area contributed by atoms with Crippen molar-refractivity contribution in [2.75, 3.05) is 20.1 Å². The van der Waals surface area contributed by atoms with Gasteiger partial charge in [0.25, 0.3) is 0 Å². The second-order valence-electron chi connectivity index (χ2n) is 4.88. The van der Waals surface area contributed by atoms with Gasteiger partial charge in [-0.25, -0.2) is 4.39 Å². The Kier molecular flexibility index (Phi) is 6.61. The van der Waals surface area contributed by atoms with Crippen molar-refractivity contribution in [2.45, 2.75) is 31.8 Å². The molecule has 0 spiro atoms. The Hall–Kier alpha value is -0.640. The number of nitrogens with zero attached hydrogens (tertiary/aromatic N) is 1. The van der Waals surface area contributed by atoms with E-state index in [1.807, 2.05) is 6.07 Å². The molecule has 102 valence electrons. The molecule has 1 heterocycles. The summed E-state index contributed by atoms with van der Waals surface area (Å²) in [5.74, 6) is -0.140. The van der Waals surface area contributed by atoms with E-state index in [1.54, 1.807) is 12.1 Å². The van der Waals surface area contributed by atoms with Crippen molar-refractivity contribution in [1.29, 1.82) is 0 Å². The first kappa shape index (κ1) is 15.4. The fraction of sp³-hybridized carbons (Fsp3) is 0.571. The van der Waals surface area contributed by atoms with E-state index in [1.165, 1.54) is 25.3 Å². The Bertz CT molecular complexity index is 351. The van der Waals surface area contributed by atoms with Crippen LogP contribution in [0, 0.1) is 5.82 Å². The van der Waals surface area contributed by atoms with Crippen LogP contribution < -0.4 is 5.32 Å². The average molecular weight is 273 g/mol. The molecule has 1 aliphatic heterocycles. The fourth-order valence-electron chi connectivity index (χ4n) is 2.49. The monoisotopic (exact) mass is 272 g/mol. The van der Waals surface area contributed by atoms with Crippen LogP contribution in [0.1, 0.15) is 24.8 Å². The molecule has 18 heavy (non-hydrogen) atoms. The summed E-state index contributed by atoms with van der Waals surface area (Å²) in [7, 11) is 2.14. The third kappa shape index (κ3) is 4.56. The topological polar surface area (TPSA) is 15.3 Å². The molecule has 1 atom stereocenters. The van der Waals surface area contributed by atoms with Gasteiger partial charge in [0.1, 0.15) is 5.82 Å². The van der Waals surface area contributed by atoms with E-state index in [9.17, 15) is 4.39 Å². The van der Waals surface area contributed by atoms with Gasteiger partial charge >= 0.3 is 0 Å². The smallest absolute Gasteiger partial charge is 0.123 e. The summed E-state index contributed by atoms with van der Waals surface area (Å²) in [5.41, 5.74) is 1.06. The molecule has 1 N–H and O–H groups in total. The molecule has 1 unspecified atom stereocenters. The summed E-state index contributed by atoms with van der Waals surface area (Å²) >= 11 is 0. The minimum absolute atomic E-state index is 0. The average Bonchev–Trinajstić information content (AvgIpc) is 2.57. The highest BCUT2D eigenvalue weighted by Crippen LogP contribution is 2.15. The SMILES string of the molecule is CN(Cc1cccc(F)c1)C1CCCNCC1.Cl. The molecule has 1 fully saturated rings. The molecule has 1 aliphatic rings. The van der Waals surface area contributed by atoms with Gasteiger partial charge in [-0.2, -0.15) is 0 Å². The van der Waals surface area contributed by atoms with Gasteiger partial charge in [-0.15, -0.1) is 12.4 Å². The molecule has 0 aromatic heterocycles. The third-order valence-electron chi connectivity index (χ3n) is 3.49. The van der Waals surface area contributed by atoms with Crippen molar-refractivity contribution < 1.29 is 4.39 Å². The van der Waals surface area contributed by atoms with E-state index in [-0.39, 0.29) is 18.2 Å². The summed E-state index contributed by atoms with van der Waals surface area (Å²) in [6.07, 6.45) is 3.66. The van der Waals surface area contributed by atoms with Crippen LogP contribution in [0.15, 0.2) is 24.3 Å². The van der Waals surface area contributed by atoms with Crippen LogP contribution in [0.4, 0.5) is 4.39 Å². The minimum atomic E-state index is -0.140. The molecule has 0 saturated carbocycles. The van der Waals surface area contributed by atoms with Crippen LogP contribution in [0.3, 0.4) is 0 Å². The van der Waals surface area contributed by atoms with Gasteiger partial charge in [0.2, 0.25) is 0 Å². The summed E-state index contributed by atoms with van der Waals surface area (Å²) in [6, 6.07) is 7.53.